The van der Waals surface area contributed by atoms with Gasteiger partial charge in [0.2, 0.25) is 0 Å². The summed E-state index contributed by atoms with van der Waals surface area (Å²) >= 11 is 6.17. The molecule has 170 valence electrons. The predicted octanol–water partition coefficient (Wildman–Crippen LogP) is 7.21. The molecular weight excluding hydrogens is 444 g/mol. The first kappa shape index (κ1) is 22.2. The van der Waals surface area contributed by atoms with E-state index >= 15 is 0 Å². The van der Waals surface area contributed by atoms with E-state index in [0.717, 1.165) is 28.9 Å². The molecule has 1 heterocycles. The van der Waals surface area contributed by atoms with Crippen molar-refractivity contribution in [2.24, 2.45) is 0 Å². The van der Waals surface area contributed by atoms with Gasteiger partial charge in [-0.1, -0.05) is 71.8 Å². The van der Waals surface area contributed by atoms with Crippen LogP contribution >= 0.6 is 11.6 Å². The Kier molecular flexibility index (Phi) is 5.84. The van der Waals surface area contributed by atoms with Crippen molar-refractivity contribution in [3.8, 4) is 0 Å². The van der Waals surface area contributed by atoms with Gasteiger partial charge in [0.15, 0.2) is 5.78 Å². The number of anilines is 1. The van der Waals surface area contributed by atoms with Crippen LogP contribution in [0.15, 0.2) is 95.7 Å². The molecule has 0 spiro atoms. The quantitative estimate of drug-likeness (QED) is 0.399. The van der Waals surface area contributed by atoms with Crippen molar-refractivity contribution in [1.29, 1.82) is 5.41 Å². The first-order chi connectivity index (χ1) is 16.5. The Morgan fingerprint density at radius 1 is 0.971 bits per heavy atom. The van der Waals surface area contributed by atoms with Crippen LogP contribution in [0.2, 0.25) is 5.02 Å². The number of ketones is 1. The Bertz CT molecular complexity index is 1320. The van der Waals surface area contributed by atoms with Gasteiger partial charge in [-0.3, -0.25) is 15.1 Å². The van der Waals surface area contributed by atoms with Crippen LogP contribution in [0.3, 0.4) is 0 Å². The van der Waals surface area contributed by atoms with Gasteiger partial charge < -0.3 is 5.11 Å². The van der Waals surface area contributed by atoms with Crippen LogP contribution in [-0.4, -0.2) is 16.7 Å². The van der Waals surface area contributed by atoms with Gasteiger partial charge in [-0.15, -0.1) is 0 Å². The molecule has 0 aromatic heterocycles. The molecule has 34 heavy (non-hydrogen) atoms. The molecule has 1 aliphatic carbocycles. The Morgan fingerprint density at radius 3 is 2.32 bits per heavy atom. The zero-order chi connectivity index (χ0) is 23.8. The van der Waals surface area contributed by atoms with Crippen LogP contribution in [0.5, 0.6) is 0 Å². The lowest BCUT2D eigenvalue weighted by Crippen LogP contribution is -2.42. The monoisotopic (exact) mass is 468 g/mol. The molecule has 0 fully saturated rings. The van der Waals surface area contributed by atoms with Gasteiger partial charge in [0.1, 0.15) is 11.6 Å². The summed E-state index contributed by atoms with van der Waals surface area (Å²) in [6, 6.07) is 24.5. The Hall–Kier alpha value is -3.63. The number of aliphatic hydroxyl groups excluding tert-OH is 1. The highest BCUT2D eigenvalue weighted by Gasteiger charge is 2.43. The highest BCUT2D eigenvalue weighted by atomic mass is 35.5. The molecule has 0 saturated heterocycles. The minimum Gasteiger partial charge on any atom is -0.507 e. The standard InChI is InChI=1S/C29H25ClN2O2/c1-18-10-12-20(13-11-18)28(34)27-25(19-14-16-21(30)17-15-19)26-23(8-5-9-24(26)33)32(29(27)31)22-6-3-2-4-7-22/h2-4,6-7,10-17,25,31,34H,5,8-9H2,1H3/b28-27+,31-29?. The van der Waals surface area contributed by atoms with E-state index in [1.54, 1.807) is 12.1 Å². The summed E-state index contributed by atoms with van der Waals surface area (Å²) in [6.07, 6.45) is 1.89. The maximum absolute atomic E-state index is 13.4. The Labute approximate surface area is 204 Å². The Morgan fingerprint density at radius 2 is 1.65 bits per heavy atom. The van der Waals surface area contributed by atoms with Gasteiger partial charge in [-0.05, 0) is 49.6 Å². The molecule has 3 aromatic carbocycles. The molecule has 1 atom stereocenters. The first-order valence-electron chi connectivity index (χ1n) is 11.4. The number of amidine groups is 1. The Balaban J connectivity index is 1.82. The van der Waals surface area contributed by atoms with Crippen LogP contribution in [0, 0.1) is 12.3 Å². The SMILES string of the molecule is Cc1ccc(/C(O)=C2\C(=N)N(c3ccccc3)C3=C(C(=O)CCC3)C2c2ccc(Cl)cc2)cc1. The number of para-hydroxylation sites is 1. The normalized spacial score (nSPS) is 19.8. The third-order valence-electron chi connectivity index (χ3n) is 6.55. The number of halogens is 1. The van der Waals surface area contributed by atoms with Crippen molar-refractivity contribution in [2.75, 3.05) is 4.90 Å². The van der Waals surface area contributed by atoms with Gasteiger partial charge in [-0.2, -0.15) is 0 Å². The lowest BCUT2D eigenvalue weighted by atomic mass is 9.73. The summed E-state index contributed by atoms with van der Waals surface area (Å²) in [4.78, 5) is 15.3. The van der Waals surface area contributed by atoms with Crippen LogP contribution < -0.4 is 4.90 Å². The summed E-state index contributed by atoms with van der Waals surface area (Å²) in [6.45, 7) is 1.99. The number of carbonyl (C=O) groups is 1. The van der Waals surface area contributed by atoms with Gasteiger partial charge in [0.05, 0.1) is 0 Å². The molecule has 5 heteroatoms. The second-order valence-electron chi connectivity index (χ2n) is 8.77. The van der Waals surface area contributed by atoms with E-state index in [1.165, 1.54) is 0 Å². The summed E-state index contributed by atoms with van der Waals surface area (Å²) in [5.74, 6) is -0.300. The van der Waals surface area contributed by atoms with Crippen LogP contribution in [0.25, 0.3) is 5.76 Å². The molecular formula is C29H25ClN2O2. The smallest absolute Gasteiger partial charge is 0.161 e. The number of aliphatic hydroxyl groups is 1. The molecule has 1 aliphatic heterocycles. The average molecular weight is 469 g/mol. The zero-order valence-corrected chi connectivity index (χ0v) is 19.6. The van der Waals surface area contributed by atoms with E-state index in [1.807, 2.05) is 78.6 Å². The van der Waals surface area contributed by atoms with Gasteiger partial charge in [-0.25, -0.2) is 0 Å². The molecule has 1 unspecified atom stereocenters. The second kappa shape index (κ2) is 8.96. The van der Waals surface area contributed by atoms with Crippen molar-refractivity contribution in [2.45, 2.75) is 32.1 Å². The van der Waals surface area contributed by atoms with Gasteiger partial charge >= 0.3 is 0 Å². The molecule has 2 aliphatic rings. The summed E-state index contributed by atoms with van der Waals surface area (Å²) in [7, 11) is 0. The average Bonchev–Trinajstić information content (AvgIpc) is 2.85. The number of nitrogens with one attached hydrogen (secondary N) is 1. The fourth-order valence-corrected chi connectivity index (χ4v) is 5.04. The molecule has 2 N–H and O–H groups in total. The number of aryl methyl sites for hydroxylation is 1. The lowest BCUT2D eigenvalue weighted by Gasteiger charge is -2.41. The highest BCUT2D eigenvalue weighted by molar-refractivity contribution is 6.30. The van der Waals surface area contributed by atoms with Crippen LogP contribution in [0.4, 0.5) is 5.69 Å². The third-order valence-corrected chi connectivity index (χ3v) is 6.80. The summed E-state index contributed by atoms with van der Waals surface area (Å²) in [5, 5.41) is 21.5. The van der Waals surface area contributed by atoms with E-state index in [-0.39, 0.29) is 17.4 Å². The molecule has 0 radical (unpaired) electrons. The fraction of sp³-hybridized carbons (Fsp3) is 0.172. The number of benzene rings is 3. The van der Waals surface area contributed by atoms with E-state index in [4.69, 9.17) is 11.6 Å². The van der Waals surface area contributed by atoms with Crippen molar-refractivity contribution >= 4 is 34.7 Å². The van der Waals surface area contributed by atoms with E-state index < -0.39 is 5.92 Å². The third kappa shape index (κ3) is 3.84. The summed E-state index contributed by atoms with van der Waals surface area (Å²) in [5.41, 5.74) is 5.24. The molecule has 3 aromatic rings. The van der Waals surface area contributed by atoms with Gasteiger partial charge in [0.25, 0.3) is 0 Å². The lowest BCUT2D eigenvalue weighted by molar-refractivity contribution is -0.116. The van der Waals surface area contributed by atoms with Crippen LogP contribution in [-0.2, 0) is 4.79 Å². The van der Waals surface area contributed by atoms with Gasteiger partial charge in [0, 0.05) is 45.5 Å². The number of Topliss-reactive ketones (excluding diaryl/α,β-unsaturated/α-hetero) is 1. The number of carbonyl (C=O) groups excluding carboxylic acids is 1. The second-order valence-corrected chi connectivity index (χ2v) is 9.21. The number of nitrogens with zero attached hydrogens (tertiary/aromatic N) is 1. The number of rotatable bonds is 3. The number of hydrogen-bond donors (Lipinski definition) is 2. The van der Waals surface area contributed by atoms with Crippen molar-refractivity contribution in [1.82, 2.24) is 0 Å². The number of allylic oxidation sites excluding steroid dienone is 2. The van der Waals surface area contributed by atoms with Crippen molar-refractivity contribution in [3.05, 3.63) is 117 Å². The van der Waals surface area contributed by atoms with Crippen molar-refractivity contribution < 1.29 is 9.90 Å². The topological polar surface area (TPSA) is 64.4 Å². The predicted molar refractivity (Wildman–Crippen MR) is 137 cm³/mol. The first-order valence-corrected chi connectivity index (χ1v) is 11.8. The molecule has 0 saturated carbocycles. The van der Waals surface area contributed by atoms with Crippen molar-refractivity contribution in [3.63, 3.8) is 0 Å². The zero-order valence-electron chi connectivity index (χ0n) is 18.9. The molecule has 4 nitrogen and oxygen atoms in total. The molecule has 0 amide bonds. The minimum absolute atomic E-state index is 0.0100. The minimum atomic E-state index is -0.547. The van der Waals surface area contributed by atoms with E-state index in [2.05, 4.69) is 0 Å². The maximum atomic E-state index is 13.4. The molecule has 0 bridgehead atoms. The number of hydrogen-bond acceptors (Lipinski definition) is 3. The largest absolute Gasteiger partial charge is 0.507 e. The van der Waals surface area contributed by atoms with E-state index in [9.17, 15) is 15.3 Å². The molecule has 5 rings (SSSR count). The van der Waals surface area contributed by atoms with E-state index in [0.29, 0.717) is 34.6 Å². The summed E-state index contributed by atoms with van der Waals surface area (Å²) < 4.78 is 0. The fourth-order valence-electron chi connectivity index (χ4n) is 4.91. The highest BCUT2D eigenvalue weighted by Crippen LogP contribution is 2.47. The maximum Gasteiger partial charge on any atom is 0.161 e. The van der Waals surface area contributed by atoms with Crippen LogP contribution in [0.1, 0.15) is 41.9 Å².